The average molecular weight is 402 g/mol. The summed E-state index contributed by atoms with van der Waals surface area (Å²) < 4.78 is 1.72. The molecule has 0 saturated heterocycles. The van der Waals surface area contributed by atoms with Crippen LogP contribution in [0.5, 0.6) is 0 Å². The molecule has 31 heavy (non-hydrogen) atoms. The van der Waals surface area contributed by atoms with Gasteiger partial charge in [-0.3, -0.25) is 0 Å². The van der Waals surface area contributed by atoms with E-state index >= 15 is 0 Å². The molecule has 3 aromatic heterocycles. The normalized spacial score (nSPS) is 10.8. The lowest BCUT2D eigenvalue weighted by molar-refractivity contribution is 0.664. The van der Waals surface area contributed by atoms with E-state index < -0.39 is 0 Å². The zero-order chi connectivity index (χ0) is 21.2. The molecule has 0 amide bonds. The second kappa shape index (κ2) is 7.76. The maximum absolute atomic E-state index is 9.16. The molecule has 0 atom stereocenters. The number of hydrogen-bond donors (Lipinski definition) is 0. The summed E-state index contributed by atoms with van der Waals surface area (Å²) in [6.45, 7) is 0.479. The molecule has 0 saturated carbocycles. The highest BCUT2D eigenvalue weighted by Crippen LogP contribution is 2.21. The van der Waals surface area contributed by atoms with Crippen molar-refractivity contribution in [1.29, 1.82) is 5.26 Å². The molecule has 0 radical (unpaired) electrons. The van der Waals surface area contributed by atoms with Crippen LogP contribution in [-0.4, -0.2) is 42.8 Å². The van der Waals surface area contributed by atoms with Crippen molar-refractivity contribution in [3.05, 3.63) is 78.2 Å². The molecule has 5 rings (SSSR count). The lowest BCUT2D eigenvalue weighted by Crippen LogP contribution is -2.06. The Balaban J connectivity index is 1.49. The van der Waals surface area contributed by atoms with Crippen LogP contribution < -0.4 is 5.46 Å². The van der Waals surface area contributed by atoms with Crippen molar-refractivity contribution in [3.63, 3.8) is 0 Å². The maximum Gasteiger partial charge on any atom is 0.221 e. The number of nitrogens with zero attached hydrogens (tertiary/aromatic N) is 8. The molecule has 8 nitrogen and oxygen atoms in total. The van der Waals surface area contributed by atoms with E-state index in [-0.39, 0.29) is 0 Å². The van der Waals surface area contributed by atoms with Crippen molar-refractivity contribution in [1.82, 2.24) is 34.9 Å². The molecular weight excluding hydrogens is 387 g/mol. The summed E-state index contributed by atoms with van der Waals surface area (Å²) >= 11 is 0. The molecule has 146 valence electrons. The van der Waals surface area contributed by atoms with E-state index in [4.69, 9.17) is 10.2 Å². The minimum absolute atomic E-state index is 0.471. The standard InChI is InChI=1S/C22H15BN8/c23-18-10-25-20(26-11-18)17-6-2-4-15(8-17)13-31-22-21(29-30-31)27-12-19(28-22)16-5-1-3-14(7-16)9-24/h1-8,10-12H,13,23H2. The Morgan fingerprint density at radius 1 is 0.935 bits per heavy atom. The second-order valence-corrected chi connectivity index (χ2v) is 7.13. The van der Waals surface area contributed by atoms with Crippen LogP contribution >= 0.6 is 0 Å². The molecule has 0 aliphatic carbocycles. The van der Waals surface area contributed by atoms with E-state index in [0.717, 1.165) is 22.2 Å². The zero-order valence-electron chi connectivity index (χ0n) is 16.6. The van der Waals surface area contributed by atoms with E-state index in [1.165, 1.54) is 0 Å². The lowest BCUT2D eigenvalue weighted by Gasteiger charge is -2.06. The third kappa shape index (κ3) is 3.74. The van der Waals surface area contributed by atoms with Crippen LogP contribution in [0, 0.1) is 11.3 Å². The van der Waals surface area contributed by atoms with E-state index in [0.29, 0.717) is 34.9 Å². The van der Waals surface area contributed by atoms with Crippen LogP contribution in [0.25, 0.3) is 33.9 Å². The van der Waals surface area contributed by atoms with Crippen LogP contribution in [0.2, 0.25) is 0 Å². The number of fused-ring (bicyclic) bond motifs is 1. The second-order valence-electron chi connectivity index (χ2n) is 7.13. The first-order valence-electron chi connectivity index (χ1n) is 9.64. The molecule has 3 heterocycles. The predicted molar refractivity (Wildman–Crippen MR) is 118 cm³/mol. The van der Waals surface area contributed by atoms with Gasteiger partial charge in [0.2, 0.25) is 5.65 Å². The SMILES string of the molecule is Bc1cnc(-c2cccc(Cn3nnc4ncc(-c5cccc(C#N)c5)nc43)c2)nc1. The first kappa shape index (κ1) is 18.6. The van der Waals surface area contributed by atoms with Gasteiger partial charge in [0.05, 0.1) is 30.1 Å². The van der Waals surface area contributed by atoms with Crippen LogP contribution in [0.1, 0.15) is 11.1 Å². The molecule has 0 unspecified atom stereocenters. The molecule has 0 aliphatic rings. The van der Waals surface area contributed by atoms with Crippen molar-refractivity contribution in [2.24, 2.45) is 0 Å². The molecule has 2 aromatic carbocycles. The summed E-state index contributed by atoms with van der Waals surface area (Å²) in [5.74, 6) is 0.676. The summed E-state index contributed by atoms with van der Waals surface area (Å²) in [5, 5.41) is 17.5. The van der Waals surface area contributed by atoms with Crippen molar-refractivity contribution in [2.75, 3.05) is 0 Å². The number of nitriles is 1. The molecular formula is C22H15BN8. The van der Waals surface area contributed by atoms with Gasteiger partial charge in [0.15, 0.2) is 11.5 Å². The summed E-state index contributed by atoms with van der Waals surface area (Å²) in [7, 11) is 1.96. The Labute approximate surface area is 178 Å². The largest absolute Gasteiger partial charge is 0.237 e. The van der Waals surface area contributed by atoms with Crippen LogP contribution in [-0.2, 0) is 6.54 Å². The van der Waals surface area contributed by atoms with Crippen molar-refractivity contribution < 1.29 is 0 Å². The highest BCUT2D eigenvalue weighted by atomic mass is 15.4. The summed E-state index contributed by atoms with van der Waals surface area (Å²) in [6, 6.07) is 17.4. The molecule has 0 aliphatic heterocycles. The topological polar surface area (TPSA) is 106 Å². The van der Waals surface area contributed by atoms with E-state index in [9.17, 15) is 0 Å². The first-order valence-corrected chi connectivity index (χ1v) is 9.64. The minimum Gasteiger partial charge on any atom is -0.237 e. The van der Waals surface area contributed by atoms with E-state index in [1.807, 2.05) is 44.2 Å². The Bertz CT molecular complexity index is 1440. The zero-order valence-corrected chi connectivity index (χ0v) is 16.6. The summed E-state index contributed by atoms with van der Waals surface area (Å²) in [6.07, 6.45) is 5.25. The fourth-order valence-corrected chi connectivity index (χ4v) is 3.27. The number of rotatable bonds is 4. The van der Waals surface area contributed by atoms with Gasteiger partial charge in [0, 0.05) is 23.5 Å². The van der Waals surface area contributed by atoms with Gasteiger partial charge < -0.3 is 0 Å². The number of hydrogen-bond acceptors (Lipinski definition) is 7. The Morgan fingerprint density at radius 3 is 2.58 bits per heavy atom. The number of aromatic nitrogens is 7. The van der Waals surface area contributed by atoms with Gasteiger partial charge in [0.1, 0.15) is 7.85 Å². The highest BCUT2D eigenvalue weighted by Gasteiger charge is 2.11. The minimum atomic E-state index is 0.471. The van der Waals surface area contributed by atoms with Crippen LogP contribution in [0.3, 0.4) is 0 Å². The molecule has 9 heteroatoms. The van der Waals surface area contributed by atoms with E-state index in [2.05, 4.69) is 31.3 Å². The van der Waals surface area contributed by atoms with Crippen LogP contribution in [0.4, 0.5) is 0 Å². The highest BCUT2D eigenvalue weighted by molar-refractivity contribution is 6.31. The van der Waals surface area contributed by atoms with E-state index in [1.54, 1.807) is 35.4 Å². The third-order valence-electron chi connectivity index (χ3n) is 4.81. The quantitative estimate of drug-likeness (QED) is 0.420. The predicted octanol–water partition coefficient (Wildman–Crippen LogP) is 1.52. The smallest absolute Gasteiger partial charge is 0.221 e. The van der Waals surface area contributed by atoms with Gasteiger partial charge in [0.25, 0.3) is 0 Å². The third-order valence-corrected chi connectivity index (χ3v) is 4.81. The number of benzene rings is 2. The van der Waals surface area contributed by atoms with Gasteiger partial charge >= 0.3 is 0 Å². The Hall–Kier alpha value is -4.45. The Kier molecular flexibility index (Phi) is 4.65. The molecule has 0 fully saturated rings. The molecule has 5 aromatic rings. The van der Waals surface area contributed by atoms with Crippen molar-refractivity contribution >= 4 is 24.6 Å². The van der Waals surface area contributed by atoms with Gasteiger partial charge in [-0.1, -0.05) is 41.0 Å². The first-order chi connectivity index (χ1) is 15.2. The van der Waals surface area contributed by atoms with Gasteiger partial charge in [-0.2, -0.15) is 5.26 Å². The van der Waals surface area contributed by atoms with Crippen molar-refractivity contribution in [2.45, 2.75) is 6.54 Å². The Morgan fingerprint density at radius 2 is 1.74 bits per heavy atom. The monoisotopic (exact) mass is 402 g/mol. The van der Waals surface area contributed by atoms with Gasteiger partial charge in [-0.15, -0.1) is 5.10 Å². The van der Waals surface area contributed by atoms with Gasteiger partial charge in [-0.25, -0.2) is 24.6 Å². The fourth-order valence-electron chi connectivity index (χ4n) is 3.27. The maximum atomic E-state index is 9.16. The summed E-state index contributed by atoms with van der Waals surface area (Å²) in [4.78, 5) is 17.9. The van der Waals surface area contributed by atoms with Crippen LogP contribution in [0.15, 0.2) is 67.1 Å². The summed E-state index contributed by atoms with van der Waals surface area (Å²) in [5.41, 5.74) is 6.07. The molecule has 0 spiro atoms. The van der Waals surface area contributed by atoms with Gasteiger partial charge in [-0.05, 0) is 23.8 Å². The average Bonchev–Trinajstić information content (AvgIpc) is 3.21. The lowest BCUT2D eigenvalue weighted by atomic mass is 10.0. The molecule has 0 N–H and O–H groups in total. The van der Waals surface area contributed by atoms with Crippen molar-refractivity contribution in [3.8, 4) is 28.7 Å². The molecule has 0 bridgehead atoms. The fraction of sp³-hybridized carbons (Fsp3) is 0.0455.